The number of carbonyl (C=O) groups excluding carboxylic acids is 1. The lowest BCUT2D eigenvalue weighted by molar-refractivity contribution is 0.0939. The fourth-order valence-corrected chi connectivity index (χ4v) is 2.53. The van der Waals surface area contributed by atoms with E-state index in [1.807, 2.05) is 32.0 Å². The summed E-state index contributed by atoms with van der Waals surface area (Å²) in [6, 6.07) is 7.54. The molecule has 0 aliphatic rings. The molecule has 0 unspecified atom stereocenters. The van der Waals surface area contributed by atoms with E-state index in [9.17, 15) is 4.79 Å². The average molecular weight is 304 g/mol. The van der Waals surface area contributed by atoms with Gasteiger partial charge in [-0.1, -0.05) is 12.1 Å². The molecule has 2 N–H and O–H groups in total. The molecule has 0 bridgehead atoms. The lowest BCUT2D eigenvalue weighted by Crippen LogP contribution is -2.32. The van der Waals surface area contributed by atoms with Crippen LogP contribution in [0.3, 0.4) is 0 Å². The van der Waals surface area contributed by atoms with Crippen LogP contribution >= 0.6 is 11.8 Å². The number of aromatic nitrogens is 3. The second-order valence-corrected chi connectivity index (χ2v) is 5.97. The van der Waals surface area contributed by atoms with Crippen LogP contribution in [-0.2, 0) is 0 Å². The highest BCUT2D eigenvalue weighted by molar-refractivity contribution is 7.98. The number of thioether (sulfide) groups is 1. The first-order valence-corrected chi connectivity index (χ1v) is 8.28. The zero-order valence-corrected chi connectivity index (χ0v) is 13.3. The van der Waals surface area contributed by atoms with Crippen molar-refractivity contribution < 1.29 is 4.79 Å². The van der Waals surface area contributed by atoms with Gasteiger partial charge in [0, 0.05) is 17.2 Å². The van der Waals surface area contributed by atoms with E-state index in [2.05, 4.69) is 26.8 Å². The maximum atomic E-state index is 12.2. The molecule has 1 heterocycles. The predicted molar refractivity (Wildman–Crippen MR) is 86.5 cm³/mol. The van der Waals surface area contributed by atoms with Crippen molar-refractivity contribution in [3.05, 3.63) is 35.7 Å². The second kappa shape index (κ2) is 7.26. The van der Waals surface area contributed by atoms with E-state index >= 15 is 0 Å². The van der Waals surface area contributed by atoms with E-state index in [1.165, 1.54) is 0 Å². The van der Waals surface area contributed by atoms with Crippen LogP contribution in [0.15, 0.2) is 24.3 Å². The van der Waals surface area contributed by atoms with Gasteiger partial charge in [-0.15, -0.1) is 0 Å². The van der Waals surface area contributed by atoms with Gasteiger partial charge >= 0.3 is 0 Å². The van der Waals surface area contributed by atoms with E-state index in [1.54, 1.807) is 17.8 Å². The quantitative estimate of drug-likeness (QED) is 0.860. The van der Waals surface area contributed by atoms with E-state index < -0.39 is 0 Å². The summed E-state index contributed by atoms with van der Waals surface area (Å²) in [6.45, 7) is 3.87. The van der Waals surface area contributed by atoms with Gasteiger partial charge in [0.25, 0.3) is 5.91 Å². The van der Waals surface area contributed by atoms with Gasteiger partial charge in [-0.25, -0.2) is 4.98 Å². The smallest absolute Gasteiger partial charge is 0.251 e. The van der Waals surface area contributed by atoms with Gasteiger partial charge in [-0.2, -0.15) is 16.9 Å². The molecule has 1 aromatic heterocycles. The van der Waals surface area contributed by atoms with E-state index in [0.29, 0.717) is 11.4 Å². The second-order valence-electron chi connectivity index (χ2n) is 4.98. The summed E-state index contributed by atoms with van der Waals surface area (Å²) in [5.74, 6) is 2.35. The van der Waals surface area contributed by atoms with Crippen LogP contribution in [0.25, 0.3) is 11.4 Å². The first kappa shape index (κ1) is 15.6. The summed E-state index contributed by atoms with van der Waals surface area (Å²) >= 11 is 1.78. The van der Waals surface area contributed by atoms with Gasteiger partial charge in [-0.05, 0) is 44.4 Å². The first-order valence-electron chi connectivity index (χ1n) is 6.89. The van der Waals surface area contributed by atoms with Crippen molar-refractivity contribution in [1.29, 1.82) is 0 Å². The van der Waals surface area contributed by atoms with Crippen LogP contribution < -0.4 is 5.32 Å². The predicted octanol–water partition coefficient (Wildman–Crippen LogP) is 2.65. The van der Waals surface area contributed by atoms with Gasteiger partial charge in [0.15, 0.2) is 5.82 Å². The first-order chi connectivity index (χ1) is 10.1. The van der Waals surface area contributed by atoms with Crippen molar-refractivity contribution in [2.45, 2.75) is 26.3 Å². The number of rotatable bonds is 6. The number of aryl methyl sites for hydroxylation is 1. The summed E-state index contributed by atoms with van der Waals surface area (Å²) in [6.07, 6.45) is 3.03. The van der Waals surface area contributed by atoms with Gasteiger partial charge < -0.3 is 5.32 Å². The Morgan fingerprint density at radius 2 is 2.29 bits per heavy atom. The van der Waals surface area contributed by atoms with Crippen LogP contribution in [0, 0.1) is 6.92 Å². The van der Waals surface area contributed by atoms with Crippen molar-refractivity contribution >= 4 is 17.7 Å². The molecule has 1 aromatic carbocycles. The fraction of sp³-hybridized carbons (Fsp3) is 0.400. The SMILES string of the molecule is CSCC[C@H](C)NC(=O)c1cccc(-c2n[nH]c(C)n2)c1. The van der Waals surface area contributed by atoms with Crippen molar-refractivity contribution in [1.82, 2.24) is 20.5 Å². The zero-order valence-electron chi connectivity index (χ0n) is 12.5. The van der Waals surface area contributed by atoms with Crippen LogP contribution in [0.4, 0.5) is 0 Å². The number of hydrogen-bond acceptors (Lipinski definition) is 4. The minimum atomic E-state index is -0.0577. The maximum Gasteiger partial charge on any atom is 0.251 e. The van der Waals surface area contributed by atoms with Crippen molar-refractivity contribution in [2.75, 3.05) is 12.0 Å². The number of nitrogens with zero attached hydrogens (tertiary/aromatic N) is 2. The number of aromatic amines is 1. The van der Waals surface area contributed by atoms with E-state index in [4.69, 9.17) is 0 Å². The summed E-state index contributed by atoms with van der Waals surface area (Å²) in [4.78, 5) is 16.5. The lowest BCUT2D eigenvalue weighted by Gasteiger charge is -2.13. The third-order valence-electron chi connectivity index (χ3n) is 3.11. The standard InChI is InChI=1S/C15H20N4OS/c1-10(7-8-21-3)16-15(20)13-6-4-5-12(9-13)14-17-11(2)18-19-14/h4-6,9-10H,7-8H2,1-3H3,(H,16,20)(H,17,18,19)/t10-/m0/s1. The topological polar surface area (TPSA) is 70.7 Å². The fourth-order valence-electron chi connectivity index (χ4n) is 1.95. The molecule has 112 valence electrons. The Kier molecular flexibility index (Phi) is 5.38. The molecule has 0 saturated heterocycles. The van der Waals surface area contributed by atoms with Crippen molar-refractivity contribution in [3.8, 4) is 11.4 Å². The maximum absolute atomic E-state index is 12.2. The van der Waals surface area contributed by atoms with Crippen LogP contribution in [0.1, 0.15) is 29.5 Å². The summed E-state index contributed by atoms with van der Waals surface area (Å²) in [5, 5.41) is 9.94. The Morgan fingerprint density at radius 1 is 1.48 bits per heavy atom. The molecule has 0 fully saturated rings. The molecule has 0 radical (unpaired) electrons. The molecule has 0 spiro atoms. The minimum absolute atomic E-state index is 0.0577. The Hall–Kier alpha value is -1.82. The van der Waals surface area contributed by atoms with E-state index in [-0.39, 0.29) is 11.9 Å². The molecule has 6 heteroatoms. The van der Waals surface area contributed by atoms with Crippen LogP contribution in [0.2, 0.25) is 0 Å². The van der Waals surface area contributed by atoms with Gasteiger partial charge in [0.1, 0.15) is 5.82 Å². The highest BCUT2D eigenvalue weighted by atomic mass is 32.2. The summed E-state index contributed by atoms with van der Waals surface area (Å²) < 4.78 is 0. The Morgan fingerprint density at radius 3 is 2.95 bits per heavy atom. The molecule has 21 heavy (non-hydrogen) atoms. The minimum Gasteiger partial charge on any atom is -0.350 e. The molecular formula is C15H20N4OS. The Balaban J connectivity index is 2.08. The molecule has 0 saturated carbocycles. The van der Waals surface area contributed by atoms with Crippen molar-refractivity contribution in [2.24, 2.45) is 0 Å². The van der Waals surface area contributed by atoms with Crippen LogP contribution in [-0.4, -0.2) is 39.1 Å². The molecule has 2 aromatic rings. The molecule has 1 amide bonds. The average Bonchev–Trinajstić information content (AvgIpc) is 2.92. The van der Waals surface area contributed by atoms with E-state index in [0.717, 1.165) is 23.6 Å². The Labute approximate surface area is 128 Å². The Bertz CT molecular complexity index is 611. The monoisotopic (exact) mass is 304 g/mol. The van der Waals surface area contributed by atoms with Gasteiger partial charge in [-0.3, -0.25) is 9.89 Å². The van der Waals surface area contributed by atoms with Crippen molar-refractivity contribution in [3.63, 3.8) is 0 Å². The number of H-pyrrole nitrogens is 1. The third-order valence-corrected chi connectivity index (χ3v) is 3.76. The number of nitrogens with one attached hydrogen (secondary N) is 2. The highest BCUT2D eigenvalue weighted by Gasteiger charge is 2.11. The summed E-state index contributed by atoms with van der Waals surface area (Å²) in [7, 11) is 0. The molecular weight excluding hydrogens is 284 g/mol. The molecule has 0 aliphatic carbocycles. The lowest BCUT2D eigenvalue weighted by atomic mass is 10.1. The molecule has 0 aliphatic heterocycles. The highest BCUT2D eigenvalue weighted by Crippen LogP contribution is 2.16. The number of hydrogen-bond donors (Lipinski definition) is 2. The number of carbonyl (C=O) groups is 1. The largest absolute Gasteiger partial charge is 0.350 e. The summed E-state index contributed by atoms with van der Waals surface area (Å²) in [5.41, 5.74) is 1.47. The zero-order chi connectivity index (χ0) is 15.2. The molecule has 1 atom stereocenters. The molecule has 2 rings (SSSR count). The molecule has 5 nitrogen and oxygen atoms in total. The number of benzene rings is 1. The number of amides is 1. The van der Waals surface area contributed by atoms with Gasteiger partial charge in [0.05, 0.1) is 0 Å². The van der Waals surface area contributed by atoms with Gasteiger partial charge in [0.2, 0.25) is 0 Å². The third kappa shape index (κ3) is 4.32. The normalized spacial score (nSPS) is 12.1. The van der Waals surface area contributed by atoms with Crippen LogP contribution in [0.5, 0.6) is 0 Å².